The van der Waals surface area contributed by atoms with Gasteiger partial charge in [-0.1, -0.05) is 24.3 Å². The van der Waals surface area contributed by atoms with Crippen LogP contribution in [0.4, 0.5) is 13.2 Å². The van der Waals surface area contributed by atoms with E-state index in [1.54, 1.807) is 6.07 Å². The lowest BCUT2D eigenvalue weighted by Gasteiger charge is -2.10. The third-order valence-corrected chi connectivity index (χ3v) is 3.54. The van der Waals surface area contributed by atoms with Crippen LogP contribution in [0, 0.1) is 6.92 Å². The minimum Gasteiger partial charge on any atom is -0.343 e. The van der Waals surface area contributed by atoms with Gasteiger partial charge in [0.15, 0.2) is 0 Å². The van der Waals surface area contributed by atoms with Crippen molar-refractivity contribution in [2.24, 2.45) is 0 Å². The summed E-state index contributed by atoms with van der Waals surface area (Å²) in [5, 5.41) is 1.09. The van der Waals surface area contributed by atoms with Crippen LogP contribution in [0.5, 0.6) is 0 Å². The van der Waals surface area contributed by atoms with Crippen molar-refractivity contribution in [2.75, 3.05) is 0 Å². The van der Waals surface area contributed by atoms with Crippen molar-refractivity contribution < 1.29 is 13.2 Å². The average Bonchev–Trinajstić information content (AvgIpc) is 2.81. The van der Waals surface area contributed by atoms with Gasteiger partial charge in [-0.2, -0.15) is 13.2 Å². The quantitative estimate of drug-likeness (QED) is 0.624. The molecular weight excluding hydrogens is 275 g/mol. The molecule has 4 heteroatoms. The minimum absolute atomic E-state index is 0.427. The van der Waals surface area contributed by atoms with Crippen LogP contribution in [-0.4, -0.2) is 4.57 Å². The summed E-state index contributed by atoms with van der Waals surface area (Å²) in [6, 6.07) is 13.5. The number of halogens is 3. The smallest absolute Gasteiger partial charge is 0.343 e. The van der Waals surface area contributed by atoms with E-state index in [2.05, 4.69) is 0 Å². The number of fused-ring (bicyclic) bond motifs is 1. The highest BCUT2D eigenvalue weighted by Crippen LogP contribution is 2.30. The van der Waals surface area contributed by atoms with Gasteiger partial charge in [-0.05, 0) is 47.7 Å². The van der Waals surface area contributed by atoms with Crippen molar-refractivity contribution in [2.45, 2.75) is 19.6 Å². The van der Waals surface area contributed by atoms with Gasteiger partial charge >= 0.3 is 6.18 Å². The summed E-state index contributed by atoms with van der Waals surface area (Å²) in [5.41, 5.74) is 2.20. The Morgan fingerprint density at radius 1 is 1.00 bits per heavy atom. The second-order valence-corrected chi connectivity index (χ2v) is 5.20. The number of alkyl halides is 3. The number of hydrogen-bond donors (Lipinski definition) is 0. The molecule has 2 aromatic carbocycles. The van der Waals surface area contributed by atoms with Gasteiger partial charge in [0.25, 0.3) is 0 Å². The molecule has 1 aromatic heterocycles. The Morgan fingerprint density at radius 3 is 2.57 bits per heavy atom. The predicted molar refractivity (Wildman–Crippen MR) is 77.2 cm³/mol. The Labute approximate surface area is 120 Å². The molecule has 3 rings (SSSR count). The molecule has 1 heterocycles. The number of nitrogens with zero attached hydrogens (tertiary/aromatic N) is 1. The van der Waals surface area contributed by atoms with Crippen molar-refractivity contribution in [3.8, 4) is 0 Å². The lowest BCUT2D eigenvalue weighted by molar-refractivity contribution is -0.137. The van der Waals surface area contributed by atoms with Crippen molar-refractivity contribution >= 4 is 10.9 Å². The molecule has 0 spiro atoms. The van der Waals surface area contributed by atoms with Crippen LogP contribution < -0.4 is 0 Å². The van der Waals surface area contributed by atoms with Crippen molar-refractivity contribution in [1.29, 1.82) is 0 Å². The summed E-state index contributed by atoms with van der Waals surface area (Å²) in [7, 11) is 0. The summed E-state index contributed by atoms with van der Waals surface area (Å²) in [5.74, 6) is 0. The van der Waals surface area contributed by atoms with Crippen LogP contribution in [-0.2, 0) is 12.7 Å². The van der Waals surface area contributed by atoms with Crippen LogP contribution in [0.1, 0.15) is 16.7 Å². The van der Waals surface area contributed by atoms with Crippen LogP contribution in [0.3, 0.4) is 0 Å². The van der Waals surface area contributed by atoms with Gasteiger partial charge in [-0.15, -0.1) is 0 Å². The van der Waals surface area contributed by atoms with E-state index in [1.807, 2.05) is 42.0 Å². The van der Waals surface area contributed by atoms with E-state index >= 15 is 0 Å². The highest BCUT2D eigenvalue weighted by Gasteiger charge is 2.30. The van der Waals surface area contributed by atoms with Crippen LogP contribution >= 0.6 is 0 Å². The summed E-state index contributed by atoms with van der Waals surface area (Å²) in [4.78, 5) is 0. The number of aryl methyl sites for hydroxylation is 1. The number of hydrogen-bond acceptors (Lipinski definition) is 0. The molecule has 0 unspecified atom stereocenters. The summed E-state index contributed by atoms with van der Waals surface area (Å²) >= 11 is 0. The molecule has 0 amide bonds. The van der Waals surface area contributed by atoms with Gasteiger partial charge < -0.3 is 4.57 Å². The SMILES string of the molecule is Cc1ccc2ccn(Cc3cccc(C(F)(F)F)c3)c2c1. The first-order valence-corrected chi connectivity index (χ1v) is 6.65. The number of benzene rings is 2. The largest absolute Gasteiger partial charge is 0.416 e. The van der Waals surface area contributed by atoms with Gasteiger partial charge in [-0.25, -0.2) is 0 Å². The lowest BCUT2D eigenvalue weighted by atomic mass is 10.1. The second kappa shape index (κ2) is 4.95. The van der Waals surface area contributed by atoms with E-state index in [0.717, 1.165) is 22.5 Å². The molecule has 1 nitrogen and oxygen atoms in total. The second-order valence-electron chi connectivity index (χ2n) is 5.20. The first-order chi connectivity index (χ1) is 9.93. The third-order valence-electron chi connectivity index (χ3n) is 3.54. The van der Waals surface area contributed by atoms with Crippen molar-refractivity contribution in [1.82, 2.24) is 4.57 Å². The fourth-order valence-electron chi connectivity index (χ4n) is 2.47. The highest BCUT2D eigenvalue weighted by molar-refractivity contribution is 5.80. The summed E-state index contributed by atoms with van der Waals surface area (Å²) in [6.07, 6.45) is -2.39. The zero-order chi connectivity index (χ0) is 15.0. The monoisotopic (exact) mass is 289 g/mol. The molecule has 0 aliphatic heterocycles. The number of rotatable bonds is 2. The molecule has 0 fully saturated rings. The molecular formula is C17H14F3N. The summed E-state index contributed by atoms with van der Waals surface area (Å²) in [6.45, 7) is 2.43. The maximum absolute atomic E-state index is 12.7. The first kappa shape index (κ1) is 13.7. The van der Waals surface area contributed by atoms with E-state index in [0.29, 0.717) is 12.1 Å². The van der Waals surface area contributed by atoms with Crippen LogP contribution in [0.25, 0.3) is 10.9 Å². The molecule has 0 atom stereocenters. The van der Waals surface area contributed by atoms with E-state index in [1.165, 1.54) is 12.1 Å². The maximum Gasteiger partial charge on any atom is 0.416 e. The molecule has 21 heavy (non-hydrogen) atoms. The van der Waals surface area contributed by atoms with Crippen LogP contribution in [0.15, 0.2) is 54.7 Å². The van der Waals surface area contributed by atoms with Gasteiger partial charge in [-0.3, -0.25) is 0 Å². The van der Waals surface area contributed by atoms with E-state index in [-0.39, 0.29) is 0 Å². The first-order valence-electron chi connectivity index (χ1n) is 6.65. The molecule has 0 saturated carbocycles. The molecule has 3 aromatic rings. The molecule has 0 aliphatic carbocycles. The van der Waals surface area contributed by atoms with Gasteiger partial charge in [0.1, 0.15) is 0 Å². The topological polar surface area (TPSA) is 4.93 Å². The molecule has 0 saturated heterocycles. The molecule has 108 valence electrons. The lowest BCUT2D eigenvalue weighted by Crippen LogP contribution is -2.06. The van der Waals surface area contributed by atoms with E-state index in [4.69, 9.17) is 0 Å². The van der Waals surface area contributed by atoms with Crippen molar-refractivity contribution in [3.05, 3.63) is 71.4 Å². The van der Waals surface area contributed by atoms with Gasteiger partial charge in [0, 0.05) is 18.3 Å². The summed E-state index contributed by atoms with van der Waals surface area (Å²) < 4.78 is 40.2. The third kappa shape index (κ3) is 2.79. The van der Waals surface area contributed by atoms with Crippen molar-refractivity contribution in [3.63, 3.8) is 0 Å². The molecule has 0 radical (unpaired) electrons. The number of aromatic nitrogens is 1. The normalized spacial score (nSPS) is 12.0. The highest BCUT2D eigenvalue weighted by atomic mass is 19.4. The average molecular weight is 289 g/mol. The molecule has 0 bridgehead atoms. The Bertz CT molecular complexity index is 784. The standard InChI is InChI=1S/C17H14F3N/c1-12-5-6-14-7-8-21(16(14)9-12)11-13-3-2-4-15(10-13)17(18,19)20/h2-10H,11H2,1H3. The van der Waals surface area contributed by atoms with Gasteiger partial charge in [0.2, 0.25) is 0 Å². The fourth-order valence-corrected chi connectivity index (χ4v) is 2.47. The van der Waals surface area contributed by atoms with E-state index in [9.17, 15) is 13.2 Å². The Kier molecular flexibility index (Phi) is 3.24. The zero-order valence-electron chi connectivity index (χ0n) is 11.5. The zero-order valence-corrected chi connectivity index (χ0v) is 11.5. The fraction of sp³-hybridized carbons (Fsp3) is 0.176. The Morgan fingerprint density at radius 2 is 1.81 bits per heavy atom. The van der Waals surface area contributed by atoms with Gasteiger partial charge in [0.05, 0.1) is 5.56 Å². The maximum atomic E-state index is 12.7. The Hall–Kier alpha value is -2.23. The predicted octanol–water partition coefficient (Wildman–Crippen LogP) is 5.02. The Balaban J connectivity index is 1.97. The molecule has 0 N–H and O–H groups in total. The van der Waals surface area contributed by atoms with E-state index < -0.39 is 11.7 Å². The minimum atomic E-state index is -4.30. The van der Waals surface area contributed by atoms with Crippen LogP contribution in [0.2, 0.25) is 0 Å². The molecule has 0 aliphatic rings.